The summed E-state index contributed by atoms with van der Waals surface area (Å²) in [6.45, 7) is 2.97. The SMILES string of the molecule is CC1CCCC1CNC(=O)c1cnc(Cl)cn1. The second-order valence-corrected chi connectivity index (χ2v) is 4.99. The average Bonchev–Trinajstić information content (AvgIpc) is 2.73. The van der Waals surface area contributed by atoms with Crippen LogP contribution >= 0.6 is 11.6 Å². The molecule has 4 nitrogen and oxygen atoms in total. The van der Waals surface area contributed by atoms with Crippen LogP contribution in [0.25, 0.3) is 0 Å². The van der Waals surface area contributed by atoms with Crippen LogP contribution in [0.4, 0.5) is 0 Å². The Bertz CT molecular complexity index is 393. The summed E-state index contributed by atoms with van der Waals surface area (Å²) in [7, 11) is 0. The first-order chi connectivity index (χ1) is 8.16. The van der Waals surface area contributed by atoms with E-state index in [0.717, 1.165) is 6.54 Å². The summed E-state index contributed by atoms with van der Waals surface area (Å²) in [5.41, 5.74) is 0.319. The number of hydrogen-bond donors (Lipinski definition) is 1. The van der Waals surface area contributed by atoms with Crippen molar-refractivity contribution in [1.82, 2.24) is 15.3 Å². The third-order valence-electron chi connectivity index (χ3n) is 3.42. The van der Waals surface area contributed by atoms with Crippen LogP contribution in [0.3, 0.4) is 0 Å². The second-order valence-electron chi connectivity index (χ2n) is 4.60. The maximum absolute atomic E-state index is 11.8. The molecule has 17 heavy (non-hydrogen) atoms. The van der Waals surface area contributed by atoms with Gasteiger partial charge < -0.3 is 5.32 Å². The Hall–Kier alpha value is -1.16. The Kier molecular flexibility index (Phi) is 3.94. The number of carbonyl (C=O) groups is 1. The van der Waals surface area contributed by atoms with Crippen LogP contribution in [0.2, 0.25) is 5.15 Å². The van der Waals surface area contributed by atoms with Gasteiger partial charge >= 0.3 is 0 Å². The summed E-state index contributed by atoms with van der Waals surface area (Å²) in [5.74, 6) is 1.12. The monoisotopic (exact) mass is 253 g/mol. The molecule has 0 spiro atoms. The lowest BCUT2D eigenvalue weighted by atomic mass is 9.98. The van der Waals surface area contributed by atoms with Crippen LogP contribution in [0.1, 0.15) is 36.7 Å². The van der Waals surface area contributed by atoms with E-state index in [9.17, 15) is 4.79 Å². The third kappa shape index (κ3) is 3.16. The Balaban J connectivity index is 1.87. The lowest BCUT2D eigenvalue weighted by Crippen LogP contribution is -2.30. The van der Waals surface area contributed by atoms with E-state index >= 15 is 0 Å². The topological polar surface area (TPSA) is 54.9 Å². The van der Waals surface area contributed by atoms with Crippen molar-refractivity contribution in [3.8, 4) is 0 Å². The zero-order chi connectivity index (χ0) is 12.3. The minimum Gasteiger partial charge on any atom is -0.350 e. The Morgan fingerprint density at radius 2 is 2.29 bits per heavy atom. The highest BCUT2D eigenvalue weighted by Crippen LogP contribution is 2.30. The minimum atomic E-state index is -0.173. The minimum absolute atomic E-state index is 0.173. The van der Waals surface area contributed by atoms with Crippen LogP contribution < -0.4 is 5.32 Å². The maximum atomic E-state index is 11.8. The van der Waals surface area contributed by atoms with Gasteiger partial charge in [-0.15, -0.1) is 0 Å². The summed E-state index contributed by atoms with van der Waals surface area (Å²) >= 11 is 5.61. The first kappa shape index (κ1) is 12.3. The molecule has 0 bridgehead atoms. The van der Waals surface area contributed by atoms with Gasteiger partial charge in [0.25, 0.3) is 5.91 Å². The zero-order valence-electron chi connectivity index (χ0n) is 9.82. The van der Waals surface area contributed by atoms with Crippen LogP contribution in [-0.4, -0.2) is 22.4 Å². The second kappa shape index (κ2) is 5.45. The lowest BCUT2D eigenvalue weighted by molar-refractivity contribution is 0.0939. The molecule has 2 rings (SSSR count). The van der Waals surface area contributed by atoms with Crippen molar-refractivity contribution in [2.75, 3.05) is 6.54 Å². The summed E-state index contributed by atoms with van der Waals surface area (Å²) in [6.07, 6.45) is 6.52. The highest BCUT2D eigenvalue weighted by molar-refractivity contribution is 6.29. The Morgan fingerprint density at radius 3 is 2.88 bits per heavy atom. The molecular weight excluding hydrogens is 238 g/mol. The summed E-state index contributed by atoms with van der Waals surface area (Å²) in [5, 5.41) is 3.20. The molecule has 1 aliphatic carbocycles. The van der Waals surface area contributed by atoms with E-state index in [2.05, 4.69) is 22.2 Å². The standard InChI is InChI=1S/C12H16ClN3O/c1-8-3-2-4-9(8)5-16-12(17)10-6-15-11(13)7-14-10/h6-9H,2-5H2,1H3,(H,16,17). The number of halogens is 1. The molecule has 1 aromatic heterocycles. The molecule has 5 heteroatoms. The van der Waals surface area contributed by atoms with Crippen LogP contribution in [-0.2, 0) is 0 Å². The van der Waals surface area contributed by atoms with Gasteiger partial charge in [0, 0.05) is 6.54 Å². The number of amides is 1. The molecule has 0 aliphatic heterocycles. The molecule has 1 saturated carbocycles. The molecule has 2 atom stereocenters. The van der Waals surface area contributed by atoms with E-state index in [4.69, 9.17) is 11.6 Å². The van der Waals surface area contributed by atoms with Gasteiger partial charge in [-0.05, 0) is 18.3 Å². The molecule has 2 unspecified atom stereocenters. The number of aromatic nitrogens is 2. The number of rotatable bonds is 3. The third-order valence-corrected chi connectivity index (χ3v) is 3.61. The smallest absolute Gasteiger partial charge is 0.271 e. The number of nitrogens with zero attached hydrogens (tertiary/aromatic N) is 2. The zero-order valence-corrected chi connectivity index (χ0v) is 10.6. The molecule has 1 heterocycles. The molecule has 1 fully saturated rings. The van der Waals surface area contributed by atoms with Crippen molar-refractivity contribution in [2.45, 2.75) is 26.2 Å². The van der Waals surface area contributed by atoms with Crippen LogP contribution in [0.15, 0.2) is 12.4 Å². The van der Waals surface area contributed by atoms with Crippen molar-refractivity contribution in [3.63, 3.8) is 0 Å². The van der Waals surface area contributed by atoms with Gasteiger partial charge in [0.05, 0.1) is 12.4 Å². The van der Waals surface area contributed by atoms with Gasteiger partial charge in [0.2, 0.25) is 0 Å². The summed E-state index contributed by atoms with van der Waals surface area (Å²) in [4.78, 5) is 19.5. The van der Waals surface area contributed by atoms with E-state index < -0.39 is 0 Å². The van der Waals surface area contributed by atoms with Gasteiger partial charge in [-0.1, -0.05) is 31.4 Å². The molecule has 1 aliphatic rings. The number of nitrogens with one attached hydrogen (secondary N) is 1. The van der Waals surface area contributed by atoms with E-state index in [1.807, 2.05) is 0 Å². The highest BCUT2D eigenvalue weighted by Gasteiger charge is 2.23. The summed E-state index contributed by atoms with van der Waals surface area (Å²) in [6, 6.07) is 0. The molecule has 92 valence electrons. The first-order valence-electron chi connectivity index (χ1n) is 5.92. The molecule has 0 saturated heterocycles. The fraction of sp³-hybridized carbons (Fsp3) is 0.583. The van der Waals surface area contributed by atoms with Gasteiger partial charge in [-0.2, -0.15) is 0 Å². The van der Waals surface area contributed by atoms with Crippen molar-refractivity contribution < 1.29 is 4.79 Å². The van der Waals surface area contributed by atoms with E-state index in [1.54, 1.807) is 0 Å². The number of carbonyl (C=O) groups excluding carboxylic acids is 1. The predicted octanol–water partition coefficient (Wildman–Crippen LogP) is 2.30. The van der Waals surface area contributed by atoms with Gasteiger partial charge in [-0.25, -0.2) is 9.97 Å². The van der Waals surface area contributed by atoms with Crippen molar-refractivity contribution in [3.05, 3.63) is 23.2 Å². The van der Waals surface area contributed by atoms with Gasteiger partial charge in [-0.3, -0.25) is 4.79 Å². The van der Waals surface area contributed by atoms with Crippen molar-refractivity contribution in [2.24, 2.45) is 11.8 Å². The van der Waals surface area contributed by atoms with Gasteiger partial charge in [0.15, 0.2) is 0 Å². The van der Waals surface area contributed by atoms with Crippen LogP contribution in [0, 0.1) is 11.8 Å². The molecule has 1 N–H and O–H groups in total. The van der Waals surface area contributed by atoms with Crippen LogP contribution in [0.5, 0.6) is 0 Å². The molecule has 0 aromatic carbocycles. The first-order valence-corrected chi connectivity index (χ1v) is 6.30. The van der Waals surface area contributed by atoms with E-state index in [1.165, 1.54) is 31.7 Å². The highest BCUT2D eigenvalue weighted by atomic mass is 35.5. The fourth-order valence-electron chi connectivity index (χ4n) is 2.27. The van der Waals surface area contributed by atoms with Crippen molar-refractivity contribution in [1.29, 1.82) is 0 Å². The molecular formula is C12H16ClN3O. The lowest BCUT2D eigenvalue weighted by Gasteiger charge is -2.15. The summed E-state index contributed by atoms with van der Waals surface area (Å²) < 4.78 is 0. The number of hydrogen-bond acceptors (Lipinski definition) is 3. The van der Waals surface area contributed by atoms with E-state index in [-0.39, 0.29) is 5.91 Å². The predicted molar refractivity (Wildman–Crippen MR) is 65.9 cm³/mol. The van der Waals surface area contributed by atoms with Gasteiger partial charge in [0.1, 0.15) is 10.8 Å². The quantitative estimate of drug-likeness (QED) is 0.899. The largest absolute Gasteiger partial charge is 0.350 e. The van der Waals surface area contributed by atoms with Crippen molar-refractivity contribution >= 4 is 17.5 Å². The molecule has 0 radical (unpaired) electrons. The fourth-order valence-corrected chi connectivity index (χ4v) is 2.37. The Morgan fingerprint density at radius 1 is 1.47 bits per heavy atom. The maximum Gasteiger partial charge on any atom is 0.271 e. The molecule has 1 amide bonds. The van der Waals surface area contributed by atoms with E-state index in [0.29, 0.717) is 22.7 Å². The average molecular weight is 254 g/mol. The normalized spacial score (nSPS) is 23.6. The molecule has 1 aromatic rings. The Labute approximate surface area is 106 Å².